The summed E-state index contributed by atoms with van der Waals surface area (Å²) in [5, 5.41) is 5.56. The van der Waals surface area contributed by atoms with Crippen LogP contribution in [0.15, 0.2) is 35.8 Å². The first-order valence-corrected chi connectivity index (χ1v) is 10.3. The van der Waals surface area contributed by atoms with Crippen LogP contribution in [-0.2, 0) is 11.3 Å². The summed E-state index contributed by atoms with van der Waals surface area (Å²) < 4.78 is 11.7. The molecule has 1 fully saturated rings. The molecule has 0 bridgehead atoms. The van der Waals surface area contributed by atoms with Crippen molar-refractivity contribution in [3.8, 4) is 5.75 Å². The standard InChI is InChI=1S/C21H21N3O4S/c1-2-27-21(26)16-9-23-19(22)17-13(11-29-18(16)17)10-28-15-5-3-4-12(8-15)20(25)24-14-6-7-14/h3-5,8-9,11,14H,2,6-7,10H2,1H3,(H2,22,23)(H,24,25). The number of thiophene rings is 1. The van der Waals surface area contributed by atoms with Gasteiger partial charge in [-0.1, -0.05) is 6.07 Å². The number of nitrogens with two attached hydrogens (primary N) is 1. The lowest BCUT2D eigenvalue weighted by atomic mass is 10.1. The fourth-order valence-corrected chi connectivity index (χ4v) is 4.04. The van der Waals surface area contributed by atoms with Crippen molar-refractivity contribution in [1.82, 2.24) is 10.3 Å². The number of aromatic nitrogens is 1. The Morgan fingerprint density at radius 3 is 2.93 bits per heavy atom. The van der Waals surface area contributed by atoms with Gasteiger partial charge in [0.25, 0.3) is 5.91 Å². The number of rotatable bonds is 7. The third-order valence-corrected chi connectivity index (χ3v) is 5.66. The first-order valence-electron chi connectivity index (χ1n) is 9.42. The number of carbonyl (C=O) groups excluding carboxylic acids is 2. The fraction of sp³-hybridized carbons (Fsp3) is 0.286. The number of hydrogen-bond donors (Lipinski definition) is 2. The highest BCUT2D eigenvalue weighted by atomic mass is 32.1. The molecule has 2 heterocycles. The van der Waals surface area contributed by atoms with Crippen LogP contribution in [0, 0.1) is 0 Å². The Balaban J connectivity index is 1.53. The van der Waals surface area contributed by atoms with Gasteiger partial charge in [0, 0.05) is 28.8 Å². The molecule has 1 aliphatic carbocycles. The van der Waals surface area contributed by atoms with Crippen LogP contribution in [0.1, 0.15) is 46.0 Å². The zero-order valence-electron chi connectivity index (χ0n) is 15.9. The predicted octanol–water partition coefficient (Wildman–Crippen LogP) is 3.53. The van der Waals surface area contributed by atoms with Crippen molar-refractivity contribution in [2.75, 3.05) is 12.3 Å². The molecule has 0 saturated heterocycles. The normalized spacial score (nSPS) is 13.3. The van der Waals surface area contributed by atoms with Crippen molar-refractivity contribution in [3.05, 3.63) is 52.5 Å². The average Bonchev–Trinajstić information content (AvgIpc) is 3.43. The van der Waals surface area contributed by atoms with Crippen LogP contribution in [0.3, 0.4) is 0 Å². The van der Waals surface area contributed by atoms with E-state index >= 15 is 0 Å². The van der Waals surface area contributed by atoms with Crippen LogP contribution < -0.4 is 15.8 Å². The molecule has 0 spiro atoms. The van der Waals surface area contributed by atoms with Crippen LogP contribution in [-0.4, -0.2) is 29.5 Å². The van der Waals surface area contributed by atoms with Crippen LogP contribution in [0.25, 0.3) is 10.1 Å². The minimum atomic E-state index is -0.423. The van der Waals surface area contributed by atoms with E-state index in [0.717, 1.165) is 23.1 Å². The SMILES string of the molecule is CCOC(=O)c1cnc(N)c2c(COc3cccc(C(=O)NC4CC4)c3)csc12. The molecule has 8 heteroatoms. The number of nitrogens with one attached hydrogen (secondary N) is 1. The van der Waals surface area contributed by atoms with Gasteiger partial charge in [-0.2, -0.15) is 0 Å². The third kappa shape index (κ3) is 4.17. The van der Waals surface area contributed by atoms with Crippen LogP contribution in [0.5, 0.6) is 5.75 Å². The molecular weight excluding hydrogens is 390 g/mol. The molecule has 1 aliphatic rings. The second-order valence-corrected chi connectivity index (χ2v) is 7.69. The Bertz CT molecular complexity index is 1070. The Morgan fingerprint density at radius 2 is 2.17 bits per heavy atom. The van der Waals surface area contributed by atoms with E-state index in [1.54, 1.807) is 31.2 Å². The number of anilines is 1. The smallest absolute Gasteiger partial charge is 0.341 e. The molecule has 0 radical (unpaired) electrons. The van der Waals surface area contributed by atoms with Crippen molar-refractivity contribution in [1.29, 1.82) is 0 Å². The van der Waals surface area contributed by atoms with Gasteiger partial charge in [-0.3, -0.25) is 4.79 Å². The van der Waals surface area contributed by atoms with Crippen LogP contribution in [0.4, 0.5) is 5.82 Å². The predicted molar refractivity (Wildman–Crippen MR) is 111 cm³/mol. The number of carbonyl (C=O) groups is 2. The number of hydrogen-bond acceptors (Lipinski definition) is 7. The number of nitrogen functional groups attached to an aromatic ring is 1. The van der Waals surface area contributed by atoms with Gasteiger partial charge in [0.15, 0.2) is 0 Å². The number of amides is 1. The number of esters is 1. The highest BCUT2D eigenvalue weighted by molar-refractivity contribution is 7.17. The monoisotopic (exact) mass is 411 g/mol. The van der Waals surface area contributed by atoms with E-state index in [4.69, 9.17) is 15.2 Å². The number of benzene rings is 1. The summed E-state index contributed by atoms with van der Waals surface area (Å²) in [5.74, 6) is 0.409. The van der Waals surface area contributed by atoms with E-state index in [1.807, 2.05) is 5.38 Å². The lowest BCUT2D eigenvalue weighted by Crippen LogP contribution is -2.25. The molecule has 1 aromatic carbocycles. The summed E-state index contributed by atoms with van der Waals surface area (Å²) in [6.45, 7) is 2.29. The highest BCUT2D eigenvalue weighted by Crippen LogP contribution is 2.33. The van der Waals surface area contributed by atoms with E-state index < -0.39 is 5.97 Å². The van der Waals surface area contributed by atoms with Gasteiger partial charge in [-0.15, -0.1) is 11.3 Å². The fourth-order valence-electron chi connectivity index (χ4n) is 2.98. The molecule has 4 rings (SSSR count). The van der Waals surface area contributed by atoms with Crippen molar-refractivity contribution in [2.45, 2.75) is 32.4 Å². The average molecular weight is 411 g/mol. The van der Waals surface area contributed by atoms with Gasteiger partial charge in [0.2, 0.25) is 0 Å². The highest BCUT2D eigenvalue weighted by Gasteiger charge is 2.24. The topological polar surface area (TPSA) is 104 Å². The molecule has 2 aromatic heterocycles. The van der Waals surface area contributed by atoms with Gasteiger partial charge in [-0.25, -0.2) is 9.78 Å². The maximum Gasteiger partial charge on any atom is 0.341 e. The number of nitrogens with zero attached hydrogens (tertiary/aromatic N) is 1. The van der Waals surface area contributed by atoms with Crippen molar-refractivity contribution >= 4 is 39.1 Å². The summed E-state index contributed by atoms with van der Waals surface area (Å²) >= 11 is 1.40. The lowest BCUT2D eigenvalue weighted by molar-refractivity contribution is 0.0528. The van der Waals surface area contributed by atoms with Crippen molar-refractivity contribution in [3.63, 3.8) is 0 Å². The van der Waals surface area contributed by atoms with E-state index in [2.05, 4.69) is 10.3 Å². The van der Waals surface area contributed by atoms with Crippen molar-refractivity contribution in [2.24, 2.45) is 0 Å². The molecule has 3 aromatic rings. The Morgan fingerprint density at radius 1 is 1.34 bits per heavy atom. The van der Waals surface area contributed by atoms with E-state index in [9.17, 15) is 9.59 Å². The summed E-state index contributed by atoms with van der Waals surface area (Å²) in [5.41, 5.74) is 7.85. The van der Waals surface area contributed by atoms with E-state index in [1.165, 1.54) is 17.5 Å². The zero-order chi connectivity index (χ0) is 20.4. The second kappa shape index (κ2) is 8.08. The zero-order valence-corrected chi connectivity index (χ0v) is 16.8. The van der Waals surface area contributed by atoms with Crippen LogP contribution >= 0.6 is 11.3 Å². The van der Waals surface area contributed by atoms with E-state index in [0.29, 0.717) is 34.1 Å². The third-order valence-electron chi connectivity index (χ3n) is 4.60. The van der Waals surface area contributed by atoms with Gasteiger partial charge in [0.05, 0.1) is 16.9 Å². The van der Waals surface area contributed by atoms with E-state index in [-0.39, 0.29) is 19.1 Å². The Labute approximate surface area is 171 Å². The minimum absolute atomic E-state index is 0.0912. The minimum Gasteiger partial charge on any atom is -0.489 e. The lowest BCUT2D eigenvalue weighted by Gasteiger charge is -2.09. The molecule has 29 heavy (non-hydrogen) atoms. The molecule has 0 atom stereocenters. The quantitative estimate of drug-likeness (QED) is 0.577. The summed E-state index contributed by atoms with van der Waals surface area (Å²) in [7, 11) is 0. The molecular formula is C21H21N3O4S. The number of ether oxygens (including phenoxy) is 2. The maximum atomic E-state index is 12.2. The largest absolute Gasteiger partial charge is 0.489 e. The molecule has 7 nitrogen and oxygen atoms in total. The summed E-state index contributed by atoms with van der Waals surface area (Å²) in [4.78, 5) is 28.5. The molecule has 0 unspecified atom stereocenters. The Kier molecular flexibility index (Phi) is 5.35. The van der Waals surface area contributed by atoms with Gasteiger partial charge >= 0.3 is 5.97 Å². The van der Waals surface area contributed by atoms with Crippen LogP contribution in [0.2, 0.25) is 0 Å². The molecule has 1 saturated carbocycles. The van der Waals surface area contributed by atoms with Crippen molar-refractivity contribution < 1.29 is 19.1 Å². The van der Waals surface area contributed by atoms with Gasteiger partial charge in [-0.05, 0) is 43.3 Å². The molecule has 3 N–H and O–H groups in total. The summed E-state index contributed by atoms with van der Waals surface area (Å²) in [6, 6.07) is 7.37. The number of pyridine rings is 1. The van der Waals surface area contributed by atoms with Gasteiger partial charge in [0.1, 0.15) is 18.2 Å². The summed E-state index contributed by atoms with van der Waals surface area (Å²) in [6.07, 6.45) is 3.52. The Hall–Kier alpha value is -3.13. The molecule has 1 amide bonds. The maximum absolute atomic E-state index is 12.2. The molecule has 150 valence electrons. The van der Waals surface area contributed by atoms with Gasteiger partial charge < -0.3 is 20.5 Å². The molecule has 0 aliphatic heterocycles. The first kappa shape index (κ1) is 19.2. The first-order chi connectivity index (χ1) is 14.1. The number of fused-ring (bicyclic) bond motifs is 1. The second-order valence-electron chi connectivity index (χ2n) is 6.81.